The third-order valence-electron chi connectivity index (χ3n) is 3.63. The number of amides is 1. The molecule has 1 fully saturated rings. The number of carbonyl (C=O) groups is 1. The molecule has 0 bridgehead atoms. The van der Waals surface area contributed by atoms with Crippen molar-refractivity contribution < 1.29 is 4.79 Å². The number of hydrogen-bond donors (Lipinski definition) is 1. The van der Waals surface area contributed by atoms with Crippen molar-refractivity contribution in [1.82, 2.24) is 10.2 Å². The van der Waals surface area contributed by atoms with Gasteiger partial charge in [-0.1, -0.05) is 36.2 Å². The number of hydrogen-bond acceptors (Lipinski definition) is 2. The van der Waals surface area contributed by atoms with Crippen molar-refractivity contribution in [3.05, 3.63) is 33.8 Å². The molecule has 1 aromatic carbocycles. The molecule has 0 aromatic heterocycles. The molecule has 1 aromatic rings. The van der Waals surface area contributed by atoms with E-state index in [1.807, 2.05) is 13.1 Å². The second kappa shape index (κ2) is 6.12. The van der Waals surface area contributed by atoms with E-state index in [0.29, 0.717) is 22.5 Å². The van der Waals surface area contributed by atoms with E-state index >= 15 is 0 Å². The van der Waals surface area contributed by atoms with Crippen LogP contribution < -0.4 is 5.32 Å². The van der Waals surface area contributed by atoms with Gasteiger partial charge in [0, 0.05) is 30.2 Å². The van der Waals surface area contributed by atoms with Crippen LogP contribution in [0.15, 0.2) is 18.2 Å². The van der Waals surface area contributed by atoms with Gasteiger partial charge in [0.25, 0.3) is 0 Å². The van der Waals surface area contributed by atoms with E-state index in [2.05, 4.69) is 12.2 Å². The Bertz CT molecular complexity index is 479. The Morgan fingerprint density at radius 3 is 2.74 bits per heavy atom. The SMILES string of the molecule is C[C@@H]1CNC[C@H]1C(=O)N(C)Cc1ccc(Cl)cc1Cl. The zero-order chi connectivity index (χ0) is 14.0. The van der Waals surface area contributed by atoms with E-state index < -0.39 is 0 Å². The van der Waals surface area contributed by atoms with Gasteiger partial charge >= 0.3 is 0 Å². The average molecular weight is 301 g/mol. The summed E-state index contributed by atoms with van der Waals surface area (Å²) in [5.74, 6) is 0.621. The number of nitrogens with zero attached hydrogens (tertiary/aromatic N) is 1. The molecule has 0 aliphatic carbocycles. The van der Waals surface area contributed by atoms with Gasteiger partial charge in [-0.15, -0.1) is 0 Å². The Hall–Kier alpha value is -0.770. The standard InChI is InChI=1S/C14H18Cl2N2O/c1-9-6-17-7-12(9)14(19)18(2)8-10-3-4-11(15)5-13(10)16/h3-5,9,12,17H,6-8H2,1-2H3/t9-,12-/m1/s1. The lowest BCUT2D eigenvalue weighted by molar-refractivity contribution is -0.135. The van der Waals surface area contributed by atoms with Crippen LogP contribution in [-0.4, -0.2) is 30.9 Å². The van der Waals surface area contributed by atoms with E-state index in [0.717, 1.165) is 18.7 Å². The lowest BCUT2D eigenvalue weighted by atomic mass is 9.96. The molecule has 1 saturated heterocycles. The van der Waals surface area contributed by atoms with Crippen LogP contribution in [0.5, 0.6) is 0 Å². The largest absolute Gasteiger partial charge is 0.341 e. The molecule has 0 radical (unpaired) electrons. The molecule has 19 heavy (non-hydrogen) atoms. The summed E-state index contributed by atoms with van der Waals surface area (Å²) in [5, 5.41) is 4.46. The van der Waals surface area contributed by atoms with E-state index in [4.69, 9.17) is 23.2 Å². The van der Waals surface area contributed by atoms with Gasteiger partial charge in [0.15, 0.2) is 0 Å². The fourth-order valence-corrected chi connectivity index (χ4v) is 2.88. The monoisotopic (exact) mass is 300 g/mol. The molecule has 0 unspecified atom stereocenters. The zero-order valence-corrected chi connectivity index (χ0v) is 12.6. The van der Waals surface area contributed by atoms with Crippen LogP contribution in [0, 0.1) is 11.8 Å². The first-order valence-corrected chi connectivity index (χ1v) is 7.14. The first-order chi connectivity index (χ1) is 8.99. The number of benzene rings is 1. The van der Waals surface area contributed by atoms with Gasteiger partial charge in [0.05, 0.1) is 5.92 Å². The molecule has 0 saturated carbocycles. The van der Waals surface area contributed by atoms with Crippen molar-refractivity contribution in [2.75, 3.05) is 20.1 Å². The second-order valence-electron chi connectivity index (χ2n) is 5.17. The Kier molecular flexibility index (Phi) is 4.71. The van der Waals surface area contributed by atoms with Gasteiger partial charge in [0.2, 0.25) is 5.91 Å². The highest BCUT2D eigenvalue weighted by Gasteiger charge is 2.31. The Morgan fingerprint density at radius 2 is 2.16 bits per heavy atom. The molecule has 104 valence electrons. The van der Waals surface area contributed by atoms with E-state index in [-0.39, 0.29) is 11.8 Å². The van der Waals surface area contributed by atoms with E-state index in [9.17, 15) is 4.79 Å². The highest BCUT2D eigenvalue weighted by molar-refractivity contribution is 6.35. The fraction of sp³-hybridized carbons (Fsp3) is 0.500. The normalized spacial score (nSPS) is 22.5. The van der Waals surface area contributed by atoms with Crippen molar-refractivity contribution in [3.8, 4) is 0 Å². The summed E-state index contributed by atoms with van der Waals surface area (Å²) < 4.78 is 0. The van der Waals surface area contributed by atoms with Crippen LogP contribution in [0.3, 0.4) is 0 Å². The zero-order valence-electron chi connectivity index (χ0n) is 11.1. The van der Waals surface area contributed by atoms with Gasteiger partial charge in [-0.2, -0.15) is 0 Å². The van der Waals surface area contributed by atoms with Crippen LogP contribution in [0.1, 0.15) is 12.5 Å². The quantitative estimate of drug-likeness (QED) is 0.931. The molecule has 5 heteroatoms. The fourth-order valence-electron chi connectivity index (χ4n) is 2.41. The van der Waals surface area contributed by atoms with Gasteiger partial charge in [-0.25, -0.2) is 0 Å². The smallest absolute Gasteiger partial charge is 0.227 e. The number of carbonyl (C=O) groups excluding carboxylic acids is 1. The maximum absolute atomic E-state index is 12.4. The van der Waals surface area contributed by atoms with Gasteiger partial charge in [0.1, 0.15) is 0 Å². The molecular formula is C14H18Cl2N2O. The van der Waals surface area contributed by atoms with E-state index in [1.165, 1.54) is 0 Å². The summed E-state index contributed by atoms with van der Waals surface area (Å²) in [4.78, 5) is 14.1. The molecule has 3 nitrogen and oxygen atoms in total. The third kappa shape index (κ3) is 3.41. The highest BCUT2D eigenvalue weighted by Crippen LogP contribution is 2.24. The van der Waals surface area contributed by atoms with Gasteiger partial charge in [-0.05, 0) is 30.2 Å². The van der Waals surface area contributed by atoms with Crippen LogP contribution in [-0.2, 0) is 11.3 Å². The van der Waals surface area contributed by atoms with Crippen molar-refractivity contribution in [2.24, 2.45) is 11.8 Å². The summed E-state index contributed by atoms with van der Waals surface area (Å²) in [7, 11) is 1.82. The highest BCUT2D eigenvalue weighted by atomic mass is 35.5. The third-order valence-corrected chi connectivity index (χ3v) is 4.22. The molecule has 1 aliphatic heterocycles. The molecule has 1 amide bonds. The Balaban J connectivity index is 2.04. The first-order valence-electron chi connectivity index (χ1n) is 6.38. The molecular weight excluding hydrogens is 283 g/mol. The average Bonchev–Trinajstić information content (AvgIpc) is 2.78. The summed E-state index contributed by atoms with van der Waals surface area (Å²) in [6.45, 7) is 4.29. The lowest BCUT2D eigenvalue weighted by Crippen LogP contribution is -2.35. The minimum atomic E-state index is 0.0658. The van der Waals surface area contributed by atoms with Crippen molar-refractivity contribution >= 4 is 29.1 Å². The van der Waals surface area contributed by atoms with Crippen molar-refractivity contribution in [2.45, 2.75) is 13.5 Å². The second-order valence-corrected chi connectivity index (χ2v) is 6.02. The predicted molar refractivity (Wildman–Crippen MR) is 78.5 cm³/mol. The minimum Gasteiger partial charge on any atom is -0.341 e. The topological polar surface area (TPSA) is 32.3 Å². The molecule has 1 heterocycles. The maximum Gasteiger partial charge on any atom is 0.227 e. The van der Waals surface area contributed by atoms with Crippen molar-refractivity contribution in [1.29, 1.82) is 0 Å². The molecule has 0 spiro atoms. The first kappa shape index (κ1) is 14.6. The minimum absolute atomic E-state index is 0.0658. The van der Waals surface area contributed by atoms with Crippen LogP contribution in [0.4, 0.5) is 0 Å². The molecule has 2 rings (SSSR count). The van der Waals surface area contributed by atoms with Crippen molar-refractivity contribution in [3.63, 3.8) is 0 Å². The predicted octanol–water partition coefficient (Wildman–Crippen LogP) is 2.81. The summed E-state index contributed by atoms with van der Waals surface area (Å²) >= 11 is 12.0. The Morgan fingerprint density at radius 1 is 1.42 bits per heavy atom. The van der Waals surface area contributed by atoms with Gasteiger partial charge < -0.3 is 10.2 Å². The van der Waals surface area contributed by atoms with Crippen LogP contribution >= 0.6 is 23.2 Å². The Labute approximate surface area is 123 Å². The molecule has 1 aliphatic rings. The van der Waals surface area contributed by atoms with E-state index in [1.54, 1.807) is 17.0 Å². The molecule has 2 atom stereocenters. The van der Waals surface area contributed by atoms with Crippen LogP contribution in [0.25, 0.3) is 0 Å². The summed E-state index contributed by atoms with van der Waals surface area (Å²) in [6, 6.07) is 5.36. The summed E-state index contributed by atoms with van der Waals surface area (Å²) in [5.41, 5.74) is 0.917. The lowest BCUT2D eigenvalue weighted by Gasteiger charge is -2.23. The summed E-state index contributed by atoms with van der Waals surface area (Å²) in [6.07, 6.45) is 0. The maximum atomic E-state index is 12.4. The number of halogens is 2. The van der Waals surface area contributed by atoms with Gasteiger partial charge in [-0.3, -0.25) is 4.79 Å². The number of rotatable bonds is 3. The van der Waals surface area contributed by atoms with Crippen LogP contribution in [0.2, 0.25) is 10.0 Å². The number of nitrogens with one attached hydrogen (secondary N) is 1. The molecule has 1 N–H and O–H groups in total.